The van der Waals surface area contributed by atoms with Gasteiger partial charge >= 0.3 is 0 Å². The second kappa shape index (κ2) is 43.0. The second-order valence-electron chi connectivity index (χ2n) is 26.8. The van der Waals surface area contributed by atoms with Gasteiger partial charge < -0.3 is 67.6 Å². The predicted molar refractivity (Wildman–Crippen MR) is 334 cm³/mol. The lowest BCUT2D eigenvalue weighted by Gasteiger charge is -2.31. The summed E-state index contributed by atoms with van der Waals surface area (Å²) in [6.07, 6.45) is 9.35. The van der Waals surface area contributed by atoms with E-state index in [9.17, 15) is 69.3 Å². The number of aliphatic hydroxyl groups is 7. The fourth-order valence-corrected chi connectivity index (χ4v) is 10.7. The third-order valence-corrected chi connectivity index (χ3v) is 17.2. The Kier molecular flexibility index (Phi) is 40.5. The molecule has 0 bridgehead atoms. The average molecular weight is 1210 g/mol. The summed E-state index contributed by atoms with van der Waals surface area (Å²) in [5.41, 5.74) is 0. The third kappa shape index (κ3) is 29.6. The average Bonchev–Trinajstić information content (AvgIpc) is 4.37. The smallest absolute Gasteiger partial charge is 0.165 e. The lowest BCUT2D eigenvalue weighted by atomic mass is 9.82. The van der Waals surface area contributed by atoms with Gasteiger partial charge in [0.2, 0.25) is 0 Å². The number of ketones is 7. The highest BCUT2D eigenvalue weighted by Gasteiger charge is 2.35. The minimum Gasteiger partial charge on any atom is -0.385 e. The van der Waals surface area contributed by atoms with E-state index >= 15 is 0 Å². The Morgan fingerprint density at radius 1 is 0.259 bits per heavy atom. The predicted octanol–water partition coefficient (Wildman–Crippen LogP) is 3.67. The molecule has 6 saturated heterocycles. The molecular formula is C65H122N6O14. The van der Waals surface area contributed by atoms with Crippen molar-refractivity contribution < 1.29 is 69.3 Å². The van der Waals surface area contributed by atoms with E-state index in [-0.39, 0.29) is 124 Å². The maximum Gasteiger partial charge on any atom is 0.165 e. The second-order valence-corrected chi connectivity index (χ2v) is 26.8. The molecule has 85 heavy (non-hydrogen) atoms. The zero-order valence-electron chi connectivity index (χ0n) is 54.9. The summed E-state index contributed by atoms with van der Waals surface area (Å²) in [6, 6.07) is 0.00782. The highest BCUT2D eigenvalue weighted by atomic mass is 16.3. The molecule has 496 valence electrons. The first-order chi connectivity index (χ1) is 39.9. The van der Waals surface area contributed by atoms with E-state index in [4.69, 9.17) is 0 Å². The number of carbonyl (C=O) groups is 7. The number of hydrogen-bond acceptors (Lipinski definition) is 20. The van der Waals surface area contributed by atoms with Crippen molar-refractivity contribution in [3.63, 3.8) is 0 Å². The highest BCUT2D eigenvalue weighted by Crippen LogP contribution is 2.28. The monoisotopic (exact) mass is 1210 g/mol. The van der Waals surface area contributed by atoms with E-state index in [0.29, 0.717) is 0 Å². The summed E-state index contributed by atoms with van der Waals surface area (Å²) in [5.74, 6) is 0.0717. The summed E-state index contributed by atoms with van der Waals surface area (Å²) >= 11 is 0. The summed E-state index contributed by atoms with van der Waals surface area (Å²) < 4.78 is 0. The van der Waals surface area contributed by atoms with Crippen LogP contribution in [0.2, 0.25) is 0 Å². The maximum atomic E-state index is 11.5. The van der Waals surface area contributed by atoms with Crippen molar-refractivity contribution in [1.29, 1.82) is 0 Å². The first-order valence-electron chi connectivity index (χ1n) is 32.7. The van der Waals surface area contributed by atoms with Gasteiger partial charge in [0.25, 0.3) is 0 Å². The normalized spacial score (nSPS) is 24.9. The van der Waals surface area contributed by atoms with Gasteiger partial charge in [0.1, 0.15) is 42.7 Å². The van der Waals surface area contributed by atoms with Crippen LogP contribution in [0.3, 0.4) is 0 Å². The molecule has 12 unspecified atom stereocenters. The van der Waals surface area contributed by atoms with E-state index in [1.54, 1.807) is 0 Å². The number of piperidine rings is 2. The van der Waals surface area contributed by atoms with Crippen LogP contribution < -0.4 is 31.9 Å². The Morgan fingerprint density at radius 3 is 0.812 bits per heavy atom. The van der Waals surface area contributed by atoms with Crippen molar-refractivity contribution in [3.8, 4) is 0 Å². The summed E-state index contributed by atoms with van der Waals surface area (Å²) in [7, 11) is 0. The van der Waals surface area contributed by atoms with Gasteiger partial charge in [-0.25, -0.2) is 0 Å². The molecule has 1 saturated carbocycles. The molecule has 20 heteroatoms. The van der Waals surface area contributed by atoms with Crippen LogP contribution in [-0.2, 0) is 33.6 Å². The standard InChI is InChI=1S/C11H20O2.2C10H19NO2.2C9H17NO2.2C8H15NO2/c1-8(2)10(12)11(13)9-6-4-3-5-7-9;1-7(2)9(12)10(13)8-4-3-5-11-6-8;1-7(2)9(12)10(13)8-5-3-4-6-11-8;1-6(2)8(11)9(12)7-3-4-10-5-7;1-6(2)8(11)9(12)7-4-3-5-10-7;1-5(2)7(10)8(11)6-3-9-4-6;1-5(2)7(10)8(11)6-3-4-9-6/h8-9,11,13H,3-7H2,1-2H3;2*7-8,10-11,13H,3-6H2,1-2H3;2*6-7,9-10,12H,3-5H2,1-2H3;2*5-6,8-9,11H,3-4H2,1-2H3. The van der Waals surface area contributed by atoms with Crippen LogP contribution in [0.5, 0.6) is 0 Å². The molecule has 0 spiro atoms. The van der Waals surface area contributed by atoms with Crippen molar-refractivity contribution in [2.45, 2.75) is 248 Å². The van der Waals surface area contributed by atoms with E-state index in [1.807, 2.05) is 96.9 Å². The van der Waals surface area contributed by atoms with E-state index in [2.05, 4.69) is 31.9 Å². The SMILES string of the molecule is CC(C)C(=O)C(O)C1CCCCC1.CC(C)C(=O)C(O)C1CCCCN1.CC(C)C(=O)C(O)C1CCCN1.CC(C)C(=O)C(O)C1CCCNC1.CC(C)C(=O)C(O)C1CCN1.CC(C)C(=O)C(O)C1CCNC1.CC(C)C(=O)C(O)C1CNC1. The fourth-order valence-electron chi connectivity index (χ4n) is 10.7. The molecule has 6 aliphatic heterocycles. The maximum absolute atomic E-state index is 11.5. The van der Waals surface area contributed by atoms with Gasteiger partial charge in [-0.05, 0) is 103 Å². The summed E-state index contributed by atoms with van der Waals surface area (Å²) in [6.45, 7) is 33.4. The van der Waals surface area contributed by atoms with Crippen molar-refractivity contribution in [1.82, 2.24) is 31.9 Å². The van der Waals surface area contributed by atoms with Crippen molar-refractivity contribution >= 4 is 40.5 Å². The quantitative estimate of drug-likeness (QED) is 0.0780. The zero-order valence-corrected chi connectivity index (χ0v) is 54.9. The number of rotatable bonds is 21. The Labute approximate surface area is 511 Å². The number of carbonyl (C=O) groups excluding carboxylic acids is 7. The molecule has 7 rings (SSSR count). The van der Waals surface area contributed by atoms with Crippen LogP contribution in [-0.4, -0.2) is 196 Å². The summed E-state index contributed by atoms with van der Waals surface area (Å²) in [4.78, 5) is 79.5. The summed E-state index contributed by atoms with van der Waals surface area (Å²) in [5, 5.41) is 85.8. The van der Waals surface area contributed by atoms with Crippen molar-refractivity contribution in [2.75, 3.05) is 58.9 Å². The van der Waals surface area contributed by atoms with Crippen LogP contribution in [0.1, 0.15) is 187 Å². The third-order valence-electron chi connectivity index (χ3n) is 17.2. The first kappa shape index (κ1) is 80.2. The molecule has 13 N–H and O–H groups in total. The number of nitrogens with one attached hydrogen (secondary N) is 6. The lowest BCUT2D eigenvalue weighted by Crippen LogP contribution is -2.54. The minimum atomic E-state index is -0.805. The van der Waals surface area contributed by atoms with Crippen LogP contribution in [0.25, 0.3) is 0 Å². The lowest BCUT2D eigenvalue weighted by molar-refractivity contribution is -0.134. The topological polar surface area (TPSA) is 333 Å². The fraction of sp³-hybridized carbons (Fsp3) is 0.892. The molecule has 0 amide bonds. The molecule has 12 atom stereocenters. The number of Topliss-reactive ketones (excluding diaryl/α,β-unsaturated/α-hetero) is 7. The van der Waals surface area contributed by atoms with Crippen LogP contribution in [0.15, 0.2) is 0 Å². The molecular weight excluding hydrogens is 1090 g/mol. The van der Waals surface area contributed by atoms with E-state index < -0.39 is 42.7 Å². The number of hydrogen-bond donors (Lipinski definition) is 13. The van der Waals surface area contributed by atoms with Gasteiger partial charge in [0.15, 0.2) is 40.5 Å². The Morgan fingerprint density at radius 2 is 0.529 bits per heavy atom. The Bertz CT molecular complexity index is 1730. The highest BCUT2D eigenvalue weighted by molar-refractivity contribution is 5.87. The Balaban J connectivity index is 0.000000496. The van der Waals surface area contributed by atoms with Gasteiger partial charge in [-0.15, -0.1) is 0 Å². The van der Waals surface area contributed by atoms with Gasteiger partial charge in [0.05, 0.1) is 0 Å². The molecule has 6 heterocycles. The largest absolute Gasteiger partial charge is 0.385 e. The molecule has 1 aliphatic carbocycles. The molecule has 0 aromatic rings. The van der Waals surface area contributed by atoms with Crippen LogP contribution in [0.4, 0.5) is 0 Å². The van der Waals surface area contributed by atoms with Crippen molar-refractivity contribution in [2.24, 2.45) is 65.1 Å². The van der Waals surface area contributed by atoms with Crippen molar-refractivity contribution in [3.05, 3.63) is 0 Å². The van der Waals surface area contributed by atoms with E-state index in [0.717, 1.165) is 130 Å². The van der Waals surface area contributed by atoms with Crippen LogP contribution >= 0.6 is 0 Å². The van der Waals surface area contributed by atoms with Gasteiger partial charge in [0, 0.05) is 103 Å². The van der Waals surface area contributed by atoms with Gasteiger partial charge in [-0.1, -0.05) is 123 Å². The minimum absolute atomic E-state index is 0.0000926. The number of aliphatic hydroxyl groups excluding tert-OH is 7. The molecule has 0 radical (unpaired) electrons. The van der Waals surface area contributed by atoms with Gasteiger partial charge in [-0.2, -0.15) is 0 Å². The molecule has 7 aliphatic rings. The van der Waals surface area contributed by atoms with Gasteiger partial charge in [-0.3, -0.25) is 33.6 Å². The first-order valence-corrected chi connectivity index (χ1v) is 32.7. The molecule has 0 aromatic carbocycles. The Hall–Kier alpha value is -2.83. The van der Waals surface area contributed by atoms with Crippen LogP contribution in [0, 0.1) is 65.1 Å². The molecule has 7 fully saturated rings. The molecule has 20 nitrogen and oxygen atoms in total. The zero-order chi connectivity index (χ0) is 64.7. The molecule has 0 aromatic heterocycles. The van der Waals surface area contributed by atoms with E-state index in [1.165, 1.54) is 19.3 Å².